The van der Waals surface area contributed by atoms with Crippen LogP contribution in [-0.2, 0) is 21.4 Å². The Balaban J connectivity index is 1.84. The van der Waals surface area contributed by atoms with Crippen molar-refractivity contribution in [1.29, 1.82) is 0 Å². The van der Waals surface area contributed by atoms with Crippen LogP contribution in [0.25, 0.3) is 0 Å². The second kappa shape index (κ2) is 8.09. The van der Waals surface area contributed by atoms with Crippen LogP contribution in [0.5, 0.6) is 5.75 Å². The van der Waals surface area contributed by atoms with Crippen LogP contribution in [0.4, 0.5) is 4.39 Å². The third-order valence-electron chi connectivity index (χ3n) is 3.38. The molecule has 0 aromatic heterocycles. The van der Waals surface area contributed by atoms with E-state index in [1.54, 1.807) is 12.1 Å². The maximum atomic E-state index is 12.8. The Kier molecular flexibility index (Phi) is 6.11. The van der Waals surface area contributed by atoms with E-state index in [1.165, 1.54) is 50.5 Å². The number of amides is 1. The number of ether oxygens (including phenoxy) is 1. The van der Waals surface area contributed by atoms with Gasteiger partial charge in [-0.2, -0.15) is 0 Å². The van der Waals surface area contributed by atoms with E-state index in [9.17, 15) is 17.6 Å². The Hall–Kier alpha value is -2.45. The summed E-state index contributed by atoms with van der Waals surface area (Å²) in [6.07, 6.45) is 0. The van der Waals surface area contributed by atoms with Crippen molar-refractivity contribution in [3.05, 3.63) is 59.9 Å². The van der Waals surface area contributed by atoms with Crippen LogP contribution in [0.1, 0.15) is 5.56 Å². The first kappa shape index (κ1) is 18.9. The molecule has 0 atom stereocenters. The highest BCUT2D eigenvalue weighted by Crippen LogP contribution is 2.18. The molecule has 0 radical (unpaired) electrons. The summed E-state index contributed by atoms with van der Waals surface area (Å²) < 4.78 is 43.1. The molecule has 1 amide bonds. The van der Waals surface area contributed by atoms with Crippen molar-refractivity contribution < 1.29 is 22.3 Å². The number of carbonyl (C=O) groups is 1. The molecule has 0 fully saturated rings. The Bertz CT molecular complexity index is 819. The highest BCUT2D eigenvalue weighted by molar-refractivity contribution is 7.89. The van der Waals surface area contributed by atoms with Crippen molar-refractivity contribution in [2.75, 3.05) is 20.7 Å². The molecule has 1 N–H and O–H groups in total. The standard InChI is InChI=1S/C17H19FN2O4S/c1-20(2)25(22,23)16-9-7-15(8-10-16)24-12-17(21)19-11-13-3-5-14(18)6-4-13/h3-10H,11-12H2,1-2H3,(H,19,21). The van der Waals surface area contributed by atoms with Gasteiger partial charge < -0.3 is 10.1 Å². The SMILES string of the molecule is CN(C)S(=O)(=O)c1ccc(OCC(=O)NCc2ccc(F)cc2)cc1. The third kappa shape index (κ3) is 5.27. The number of halogens is 1. The van der Waals surface area contributed by atoms with Gasteiger partial charge in [0, 0.05) is 20.6 Å². The fourth-order valence-corrected chi connectivity index (χ4v) is 2.82. The summed E-state index contributed by atoms with van der Waals surface area (Å²) in [6.45, 7) is 0.0590. The molecular formula is C17H19FN2O4S. The minimum atomic E-state index is -3.50. The number of hydrogen-bond acceptors (Lipinski definition) is 4. The van der Waals surface area contributed by atoms with E-state index >= 15 is 0 Å². The summed E-state index contributed by atoms with van der Waals surface area (Å²) in [5, 5.41) is 2.65. The molecule has 0 saturated heterocycles. The second-order valence-corrected chi connectivity index (χ2v) is 7.60. The van der Waals surface area contributed by atoms with E-state index in [1.807, 2.05) is 0 Å². The van der Waals surface area contributed by atoms with Crippen LogP contribution in [0.2, 0.25) is 0 Å². The van der Waals surface area contributed by atoms with Gasteiger partial charge in [0.15, 0.2) is 6.61 Å². The lowest BCUT2D eigenvalue weighted by Crippen LogP contribution is -2.28. The molecule has 0 aliphatic heterocycles. The van der Waals surface area contributed by atoms with E-state index in [0.717, 1.165) is 9.87 Å². The van der Waals surface area contributed by atoms with Gasteiger partial charge in [0.05, 0.1) is 4.90 Å². The topological polar surface area (TPSA) is 75.7 Å². The Morgan fingerprint density at radius 3 is 2.24 bits per heavy atom. The molecule has 2 rings (SSSR count). The van der Waals surface area contributed by atoms with Crippen molar-refractivity contribution in [3.63, 3.8) is 0 Å². The number of sulfonamides is 1. The van der Waals surface area contributed by atoms with Gasteiger partial charge in [-0.3, -0.25) is 4.79 Å². The van der Waals surface area contributed by atoms with Gasteiger partial charge >= 0.3 is 0 Å². The Labute approximate surface area is 146 Å². The number of benzene rings is 2. The van der Waals surface area contributed by atoms with Gasteiger partial charge in [-0.25, -0.2) is 17.1 Å². The predicted molar refractivity (Wildman–Crippen MR) is 91.1 cm³/mol. The maximum absolute atomic E-state index is 12.8. The molecule has 25 heavy (non-hydrogen) atoms. The molecule has 0 saturated carbocycles. The van der Waals surface area contributed by atoms with Crippen molar-refractivity contribution in [2.24, 2.45) is 0 Å². The van der Waals surface area contributed by atoms with Crippen LogP contribution in [0.3, 0.4) is 0 Å². The van der Waals surface area contributed by atoms with Gasteiger partial charge in [0.1, 0.15) is 11.6 Å². The molecule has 0 spiro atoms. The summed E-state index contributed by atoms with van der Waals surface area (Å²) in [6, 6.07) is 11.6. The monoisotopic (exact) mass is 366 g/mol. The first-order chi connectivity index (χ1) is 11.8. The summed E-state index contributed by atoms with van der Waals surface area (Å²) in [4.78, 5) is 11.9. The second-order valence-electron chi connectivity index (χ2n) is 5.45. The molecule has 0 bridgehead atoms. The number of hydrogen-bond donors (Lipinski definition) is 1. The summed E-state index contributed by atoms with van der Waals surface area (Å²) in [7, 11) is -0.596. The molecule has 6 nitrogen and oxygen atoms in total. The van der Waals surface area contributed by atoms with Crippen LogP contribution in [0, 0.1) is 5.82 Å². The lowest BCUT2D eigenvalue weighted by atomic mass is 10.2. The lowest BCUT2D eigenvalue weighted by molar-refractivity contribution is -0.123. The normalized spacial score (nSPS) is 11.4. The molecule has 0 heterocycles. The van der Waals surface area contributed by atoms with E-state index in [0.29, 0.717) is 5.75 Å². The van der Waals surface area contributed by atoms with Gasteiger partial charge in [0.25, 0.3) is 5.91 Å². The smallest absolute Gasteiger partial charge is 0.258 e. The van der Waals surface area contributed by atoms with E-state index in [4.69, 9.17) is 4.74 Å². The Morgan fingerprint density at radius 2 is 1.68 bits per heavy atom. The highest BCUT2D eigenvalue weighted by Gasteiger charge is 2.16. The average molecular weight is 366 g/mol. The zero-order chi connectivity index (χ0) is 18.4. The zero-order valence-corrected chi connectivity index (χ0v) is 14.7. The number of carbonyl (C=O) groups excluding carboxylic acids is 1. The van der Waals surface area contributed by atoms with Crippen molar-refractivity contribution in [1.82, 2.24) is 9.62 Å². The molecule has 2 aromatic carbocycles. The van der Waals surface area contributed by atoms with Gasteiger partial charge in [0.2, 0.25) is 10.0 Å². The van der Waals surface area contributed by atoms with Crippen LogP contribution < -0.4 is 10.1 Å². The summed E-state index contributed by atoms with van der Waals surface area (Å²) in [5.74, 6) is -0.290. The molecule has 0 aliphatic carbocycles. The zero-order valence-electron chi connectivity index (χ0n) is 13.9. The number of nitrogens with zero attached hydrogens (tertiary/aromatic N) is 1. The number of nitrogens with one attached hydrogen (secondary N) is 1. The Morgan fingerprint density at radius 1 is 1.08 bits per heavy atom. The molecule has 134 valence electrons. The molecular weight excluding hydrogens is 347 g/mol. The quantitative estimate of drug-likeness (QED) is 0.810. The van der Waals surface area contributed by atoms with Gasteiger partial charge in [-0.1, -0.05) is 12.1 Å². The first-order valence-corrected chi connectivity index (χ1v) is 8.89. The largest absolute Gasteiger partial charge is 0.484 e. The molecule has 8 heteroatoms. The molecule has 2 aromatic rings. The highest BCUT2D eigenvalue weighted by atomic mass is 32.2. The van der Waals surface area contributed by atoms with Crippen LogP contribution in [0.15, 0.2) is 53.4 Å². The minimum Gasteiger partial charge on any atom is -0.484 e. The maximum Gasteiger partial charge on any atom is 0.258 e. The fraction of sp³-hybridized carbons (Fsp3) is 0.235. The molecule has 0 aliphatic rings. The van der Waals surface area contributed by atoms with Crippen LogP contribution >= 0.6 is 0 Å². The van der Waals surface area contributed by atoms with Crippen LogP contribution in [-0.4, -0.2) is 39.3 Å². The first-order valence-electron chi connectivity index (χ1n) is 7.45. The predicted octanol–water partition coefficient (Wildman–Crippen LogP) is 1.77. The minimum absolute atomic E-state index is 0.144. The van der Waals surface area contributed by atoms with Gasteiger partial charge in [-0.15, -0.1) is 0 Å². The number of rotatable bonds is 7. The summed E-state index contributed by atoms with van der Waals surface area (Å²) >= 11 is 0. The van der Waals surface area contributed by atoms with Crippen molar-refractivity contribution in [2.45, 2.75) is 11.4 Å². The lowest BCUT2D eigenvalue weighted by Gasteiger charge is -2.12. The van der Waals surface area contributed by atoms with Crippen molar-refractivity contribution in [3.8, 4) is 5.75 Å². The van der Waals surface area contributed by atoms with E-state index < -0.39 is 10.0 Å². The van der Waals surface area contributed by atoms with Crippen molar-refractivity contribution >= 4 is 15.9 Å². The third-order valence-corrected chi connectivity index (χ3v) is 5.20. The average Bonchev–Trinajstić information content (AvgIpc) is 2.59. The van der Waals surface area contributed by atoms with E-state index in [2.05, 4.69) is 5.32 Å². The van der Waals surface area contributed by atoms with Gasteiger partial charge in [-0.05, 0) is 42.0 Å². The summed E-state index contributed by atoms with van der Waals surface area (Å²) in [5.41, 5.74) is 0.771. The fourth-order valence-electron chi connectivity index (χ4n) is 1.92. The molecule has 0 unspecified atom stereocenters. The van der Waals surface area contributed by atoms with E-state index in [-0.39, 0.29) is 29.8 Å².